The molecule has 4 aliphatic rings. The Balaban J connectivity index is 0.000000122. The number of hydrogen-bond acceptors (Lipinski definition) is 20. The van der Waals surface area contributed by atoms with Gasteiger partial charge in [0.25, 0.3) is 22.2 Å². The van der Waals surface area contributed by atoms with E-state index in [9.17, 15) is 34.5 Å². The van der Waals surface area contributed by atoms with Gasteiger partial charge in [-0.3, -0.25) is 75.8 Å². The van der Waals surface area contributed by atoms with Crippen LogP contribution in [0.2, 0.25) is 0 Å². The fourth-order valence-electron chi connectivity index (χ4n) is 17.5. The standard InChI is InChI=1S/C27H30N4O3.C26H28N4O3.2C25H26N4O3/c1-33-20-24-8-5-12-29(24)14-15-31-26-10-9-23(16-22(26)18-28-31)30-13-11-25(17-27(30)32)34-19-21-6-3-2-4-7-21;31-18-23-7-4-11-28(23)13-14-30-25-9-8-22(15-21(25)17-27-30)29-12-10-24(16-26(29)32)33-19-20-5-2-1-3-6-20;2*30-22-8-10-27(17-22)12-13-29-24-7-6-21(14-20(24)16-26-29)28-11-9-23(15-25(28)31)32-18-19-4-2-1-3-5-19/h2-4,6-7,9-11,13,16-18,24H,5,8,12,14-15,19-20H2,1H3;1-3,5-6,8-10,12,15-17,23,31H,4,7,11,13-14,18-19H2;2*1-7,9,11,14-16,22,30H,8,10,12-13,17-18H2/t24-;23-;2*22-/m1010/s1. The lowest BCUT2D eigenvalue weighted by molar-refractivity contribution is 0.113. The van der Waals surface area contributed by atoms with Gasteiger partial charge >= 0.3 is 0 Å². The number of likely N-dealkylation sites (tertiary alicyclic amines) is 4. The van der Waals surface area contributed by atoms with E-state index in [-0.39, 0.29) is 47.1 Å². The van der Waals surface area contributed by atoms with E-state index < -0.39 is 0 Å². The molecule has 0 aliphatic carbocycles. The number of benzene rings is 8. The minimum atomic E-state index is -0.208. The van der Waals surface area contributed by atoms with Crippen molar-refractivity contribution in [3.8, 4) is 45.7 Å². The van der Waals surface area contributed by atoms with E-state index in [1.54, 1.807) is 50.2 Å². The van der Waals surface area contributed by atoms with E-state index in [2.05, 4.69) is 40.0 Å². The molecular weight excluding hydrogens is 1650 g/mol. The lowest BCUT2D eigenvalue weighted by atomic mass is 10.2. The van der Waals surface area contributed by atoms with Crippen LogP contribution in [0.4, 0.5) is 0 Å². The lowest BCUT2D eigenvalue weighted by Crippen LogP contribution is -2.35. The summed E-state index contributed by atoms with van der Waals surface area (Å²) in [6.07, 6.45) is 20.3. The van der Waals surface area contributed by atoms with Gasteiger partial charge in [-0.05, 0) is 171 Å². The van der Waals surface area contributed by atoms with Crippen LogP contribution in [0.15, 0.2) is 311 Å². The van der Waals surface area contributed by atoms with Gasteiger partial charge in [0.05, 0.1) is 98.5 Å². The van der Waals surface area contributed by atoms with Crippen molar-refractivity contribution >= 4 is 43.6 Å². The molecule has 16 aromatic rings. The molecule has 674 valence electrons. The van der Waals surface area contributed by atoms with E-state index in [1.807, 2.05) is 262 Å². The molecule has 0 radical (unpaired) electrons. The van der Waals surface area contributed by atoms with Gasteiger partial charge in [-0.1, -0.05) is 121 Å². The van der Waals surface area contributed by atoms with Crippen LogP contribution in [0, 0.1) is 0 Å². The molecule has 28 nitrogen and oxygen atoms in total. The molecule has 8 aromatic carbocycles. The molecule has 131 heavy (non-hydrogen) atoms. The number of ether oxygens (including phenoxy) is 5. The summed E-state index contributed by atoms with van der Waals surface area (Å²) in [6.45, 7) is 14.8. The Kier molecular flexibility index (Phi) is 29.4. The number of methoxy groups -OCH3 is 1. The number of fused-ring (bicyclic) bond motifs is 4. The van der Waals surface area contributed by atoms with Gasteiger partial charge in [-0.25, -0.2) is 0 Å². The molecule has 8 aromatic heterocycles. The molecule has 28 heteroatoms. The normalized spacial score (nSPS) is 16.5. The van der Waals surface area contributed by atoms with Crippen molar-refractivity contribution in [1.29, 1.82) is 0 Å². The van der Waals surface area contributed by atoms with Crippen LogP contribution in [-0.4, -0.2) is 202 Å². The lowest BCUT2D eigenvalue weighted by Gasteiger charge is -2.23. The first-order valence-electron chi connectivity index (χ1n) is 45.0. The van der Waals surface area contributed by atoms with Gasteiger partial charge < -0.3 is 39.0 Å². The second kappa shape index (κ2) is 43.2. The molecule has 20 rings (SSSR count). The molecule has 0 spiro atoms. The predicted octanol–water partition coefficient (Wildman–Crippen LogP) is 12.8. The van der Waals surface area contributed by atoms with E-state index in [4.69, 9.17) is 23.7 Å². The number of β-amino-alcohol motifs (C(OH)–C–C–N with tert-alkyl or cyclic N) is 2. The number of aromatic nitrogens is 12. The van der Waals surface area contributed by atoms with Crippen molar-refractivity contribution in [2.45, 2.75) is 115 Å². The Morgan fingerprint density at radius 1 is 0.328 bits per heavy atom. The molecule has 4 fully saturated rings. The first kappa shape index (κ1) is 89.3. The maximum absolute atomic E-state index is 12.8. The van der Waals surface area contributed by atoms with E-state index >= 15 is 0 Å². The van der Waals surface area contributed by atoms with Gasteiger partial charge in [0.1, 0.15) is 49.4 Å². The minimum Gasteiger partial charge on any atom is -0.489 e. The van der Waals surface area contributed by atoms with E-state index in [0.717, 1.165) is 213 Å². The quantitative estimate of drug-likeness (QED) is 0.0364. The summed E-state index contributed by atoms with van der Waals surface area (Å²) in [5, 5.41) is 51.1. The summed E-state index contributed by atoms with van der Waals surface area (Å²) in [5.41, 5.74) is 11.0. The summed E-state index contributed by atoms with van der Waals surface area (Å²) in [5.74, 6) is 2.22. The van der Waals surface area contributed by atoms with Crippen LogP contribution < -0.4 is 41.2 Å². The Morgan fingerprint density at radius 3 is 0.893 bits per heavy atom. The van der Waals surface area contributed by atoms with Gasteiger partial charge in [-0.2, -0.15) is 20.4 Å². The Labute approximate surface area is 758 Å². The number of nitrogens with zero attached hydrogens (tertiary/aromatic N) is 16. The third kappa shape index (κ3) is 23.0. The first-order chi connectivity index (χ1) is 64.2. The highest BCUT2D eigenvalue weighted by atomic mass is 16.5. The average molecular weight is 1760 g/mol. The maximum Gasteiger partial charge on any atom is 0.258 e. The number of aliphatic hydroxyl groups excluding tert-OH is 3. The summed E-state index contributed by atoms with van der Waals surface area (Å²) < 4.78 is 42.9. The fourth-order valence-corrected chi connectivity index (χ4v) is 17.5. The zero-order valence-electron chi connectivity index (χ0n) is 73.6. The smallest absolute Gasteiger partial charge is 0.258 e. The van der Waals surface area contributed by atoms with Crippen LogP contribution in [0.1, 0.15) is 60.8 Å². The molecule has 3 N–H and O–H groups in total. The fraction of sp³-hybridized carbons (Fsp3) is 0.301. The second-order valence-corrected chi connectivity index (χ2v) is 33.6. The van der Waals surface area contributed by atoms with Crippen molar-refractivity contribution in [2.24, 2.45) is 0 Å². The Morgan fingerprint density at radius 2 is 0.618 bits per heavy atom. The second-order valence-electron chi connectivity index (χ2n) is 33.6. The number of pyridine rings is 4. The largest absolute Gasteiger partial charge is 0.489 e. The van der Waals surface area contributed by atoms with Crippen LogP contribution in [0.5, 0.6) is 23.0 Å². The molecule has 4 saturated heterocycles. The van der Waals surface area contributed by atoms with E-state index in [1.165, 1.54) is 37.1 Å². The SMILES string of the molecule is COC[C@H]1CCCN1CCn1ncc2cc(-n3ccc(OCc4ccccc4)cc3=O)ccc21.O=c1cc(OCc2ccccc2)ccn1-c1ccc2c(cnn2CCN2CCC[C@H]2CO)c1.O=c1cc(OCc2ccccc2)ccn1-c1ccc2c(cnn2CCN2CC[C@@H](O)C2)c1.O=c1cc(OCc2ccccc2)ccn1-c1ccc2c(cnn2CCN2CC[C@H](O)C2)c1. The number of rotatable bonds is 31. The zero-order valence-corrected chi connectivity index (χ0v) is 73.6. The van der Waals surface area contributed by atoms with Gasteiger partial charge in [-0.15, -0.1) is 0 Å². The summed E-state index contributed by atoms with van der Waals surface area (Å²) >= 11 is 0. The monoisotopic (exact) mass is 1760 g/mol. The third-order valence-electron chi connectivity index (χ3n) is 24.7. The highest BCUT2D eigenvalue weighted by Crippen LogP contribution is 2.28. The number of aliphatic hydroxyl groups is 3. The first-order valence-corrected chi connectivity index (χ1v) is 45.0. The van der Waals surface area contributed by atoms with Crippen molar-refractivity contribution in [3.63, 3.8) is 0 Å². The minimum absolute atomic E-state index is 0.129. The van der Waals surface area contributed by atoms with Crippen LogP contribution >= 0.6 is 0 Å². The molecule has 0 unspecified atom stereocenters. The average Bonchev–Trinajstić information content (AvgIpc) is 1.73. The summed E-state index contributed by atoms with van der Waals surface area (Å²) in [6, 6.07) is 77.4. The molecule has 0 amide bonds. The topological polar surface area (TPSA) is 279 Å². The molecule has 4 atom stereocenters. The Hall–Kier alpha value is -13.7. The summed E-state index contributed by atoms with van der Waals surface area (Å²) in [7, 11) is 1.77. The van der Waals surface area contributed by atoms with Gasteiger partial charge in [0, 0.05) is 165 Å². The molecular formula is C103H110N16O12. The van der Waals surface area contributed by atoms with Gasteiger partial charge in [0.2, 0.25) is 0 Å². The van der Waals surface area contributed by atoms with Crippen molar-refractivity contribution in [1.82, 2.24) is 77.0 Å². The maximum atomic E-state index is 12.8. The summed E-state index contributed by atoms with van der Waals surface area (Å²) in [4.78, 5) is 60.3. The highest BCUT2D eigenvalue weighted by molar-refractivity contribution is 5.83. The van der Waals surface area contributed by atoms with Crippen molar-refractivity contribution in [3.05, 3.63) is 356 Å². The van der Waals surface area contributed by atoms with Crippen molar-refractivity contribution in [2.75, 3.05) is 85.8 Å². The van der Waals surface area contributed by atoms with Crippen LogP contribution in [0.3, 0.4) is 0 Å². The van der Waals surface area contributed by atoms with Crippen LogP contribution in [-0.2, 0) is 57.3 Å². The van der Waals surface area contributed by atoms with Crippen molar-refractivity contribution < 1.29 is 39.0 Å². The zero-order chi connectivity index (χ0) is 89.8. The highest BCUT2D eigenvalue weighted by Gasteiger charge is 2.27. The number of hydrogen-bond donors (Lipinski definition) is 3. The van der Waals surface area contributed by atoms with Crippen LogP contribution in [0.25, 0.3) is 66.4 Å². The van der Waals surface area contributed by atoms with Gasteiger partial charge in [0.15, 0.2) is 0 Å². The molecule has 4 aliphatic heterocycles. The Bertz CT molecular complexity index is 6520. The third-order valence-corrected chi connectivity index (χ3v) is 24.7. The predicted molar refractivity (Wildman–Crippen MR) is 507 cm³/mol. The molecule has 0 saturated carbocycles. The molecule has 12 heterocycles. The molecule has 0 bridgehead atoms. The van der Waals surface area contributed by atoms with E-state index in [0.29, 0.717) is 55.5 Å².